The molecule has 6 heteroatoms. The minimum absolute atomic E-state index is 0.160. The number of nitrogens with one attached hydrogen (secondary N) is 1. The van der Waals surface area contributed by atoms with Crippen LogP contribution in [0, 0.1) is 11.8 Å². The topological polar surface area (TPSA) is 75.7 Å². The Balaban J connectivity index is 1.74. The van der Waals surface area contributed by atoms with Crippen LogP contribution in [0.15, 0.2) is 30.3 Å². The van der Waals surface area contributed by atoms with E-state index in [1.807, 2.05) is 44.2 Å². The summed E-state index contributed by atoms with van der Waals surface area (Å²) in [6.45, 7) is 4.18. The van der Waals surface area contributed by atoms with Crippen LogP contribution >= 0.6 is 0 Å². The third-order valence-electron chi connectivity index (χ3n) is 3.90. The Bertz CT molecular complexity index is 553. The van der Waals surface area contributed by atoms with Crippen LogP contribution < -0.4 is 5.32 Å². The summed E-state index contributed by atoms with van der Waals surface area (Å²) < 4.78 is 5.07. The Labute approximate surface area is 135 Å². The molecule has 1 heterocycles. The normalized spacial score (nSPS) is 21.2. The zero-order valence-corrected chi connectivity index (χ0v) is 13.5. The first kappa shape index (κ1) is 17.0. The molecule has 1 fully saturated rings. The Hall–Kier alpha value is -2.37. The van der Waals surface area contributed by atoms with Crippen LogP contribution in [0.25, 0.3) is 0 Å². The van der Waals surface area contributed by atoms with E-state index >= 15 is 0 Å². The van der Waals surface area contributed by atoms with Crippen LogP contribution in [-0.2, 0) is 20.9 Å². The van der Waals surface area contributed by atoms with Crippen molar-refractivity contribution in [3.63, 3.8) is 0 Å². The number of hydrogen-bond acceptors (Lipinski definition) is 4. The molecule has 3 amide bonds. The van der Waals surface area contributed by atoms with Crippen molar-refractivity contribution in [1.82, 2.24) is 10.2 Å². The van der Waals surface area contributed by atoms with E-state index in [0.29, 0.717) is 6.42 Å². The molecule has 1 aromatic rings. The van der Waals surface area contributed by atoms with Gasteiger partial charge in [0, 0.05) is 24.9 Å². The second-order valence-electron chi connectivity index (χ2n) is 5.85. The van der Waals surface area contributed by atoms with Gasteiger partial charge < -0.3 is 10.1 Å². The van der Waals surface area contributed by atoms with Gasteiger partial charge in [0.2, 0.25) is 11.8 Å². The van der Waals surface area contributed by atoms with Gasteiger partial charge in [-0.15, -0.1) is 0 Å². The number of amides is 3. The highest BCUT2D eigenvalue weighted by atomic mass is 16.5. The molecule has 0 aromatic heterocycles. The number of alkyl carbamates (subject to hydrolysis) is 1. The fraction of sp³-hybridized carbons (Fsp3) is 0.471. The smallest absolute Gasteiger partial charge is 0.407 e. The minimum atomic E-state index is -0.563. The minimum Gasteiger partial charge on any atom is -0.445 e. The third-order valence-corrected chi connectivity index (χ3v) is 3.90. The fourth-order valence-corrected chi connectivity index (χ4v) is 2.64. The number of benzene rings is 1. The molecule has 2 rings (SSSR count). The average Bonchev–Trinajstić information content (AvgIpc) is 2.55. The van der Waals surface area contributed by atoms with Gasteiger partial charge >= 0.3 is 6.09 Å². The van der Waals surface area contributed by atoms with E-state index in [2.05, 4.69) is 5.32 Å². The van der Waals surface area contributed by atoms with Crippen molar-refractivity contribution in [2.24, 2.45) is 11.8 Å². The Morgan fingerprint density at radius 1 is 1.17 bits per heavy atom. The van der Waals surface area contributed by atoms with Gasteiger partial charge in [0.15, 0.2) is 0 Å². The van der Waals surface area contributed by atoms with Crippen molar-refractivity contribution in [1.29, 1.82) is 0 Å². The lowest BCUT2D eigenvalue weighted by Gasteiger charge is -2.32. The molecule has 0 spiro atoms. The number of piperidine rings is 1. The number of imide groups is 1. The Kier molecular flexibility index (Phi) is 5.73. The number of likely N-dealkylation sites (tertiary alicyclic amines) is 1. The van der Waals surface area contributed by atoms with E-state index in [0.717, 1.165) is 5.56 Å². The van der Waals surface area contributed by atoms with Crippen molar-refractivity contribution in [2.45, 2.75) is 26.9 Å². The molecule has 1 saturated heterocycles. The van der Waals surface area contributed by atoms with Gasteiger partial charge in [-0.05, 0) is 12.0 Å². The first-order valence-electron chi connectivity index (χ1n) is 7.78. The lowest BCUT2D eigenvalue weighted by molar-refractivity contribution is -0.154. The van der Waals surface area contributed by atoms with Crippen molar-refractivity contribution >= 4 is 17.9 Å². The van der Waals surface area contributed by atoms with Crippen LogP contribution in [0.2, 0.25) is 0 Å². The number of hydrogen-bond donors (Lipinski definition) is 1. The van der Waals surface area contributed by atoms with Crippen molar-refractivity contribution in [3.8, 4) is 0 Å². The van der Waals surface area contributed by atoms with Crippen LogP contribution in [0.4, 0.5) is 4.79 Å². The summed E-state index contributed by atoms with van der Waals surface area (Å²) in [4.78, 5) is 36.9. The first-order valence-corrected chi connectivity index (χ1v) is 7.78. The molecule has 0 bridgehead atoms. The number of nitrogens with zero attached hydrogens (tertiary/aromatic N) is 1. The largest absolute Gasteiger partial charge is 0.445 e. The van der Waals surface area contributed by atoms with Gasteiger partial charge in [-0.3, -0.25) is 14.5 Å². The molecule has 0 aliphatic carbocycles. The molecular formula is C17H22N2O4. The summed E-state index contributed by atoms with van der Waals surface area (Å²) in [5, 5.41) is 2.56. The molecule has 1 aromatic carbocycles. The highest BCUT2D eigenvalue weighted by molar-refractivity contribution is 5.99. The molecule has 1 aliphatic rings. The first-order chi connectivity index (χ1) is 11.0. The van der Waals surface area contributed by atoms with E-state index < -0.39 is 6.09 Å². The van der Waals surface area contributed by atoms with Crippen molar-refractivity contribution < 1.29 is 19.1 Å². The Morgan fingerprint density at radius 3 is 2.39 bits per heavy atom. The summed E-state index contributed by atoms with van der Waals surface area (Å²) in [5.74, 6) is -0.666. The predicted molar refractivity (Wildman–Crippen MR) is 84.3 cm³/mol. The summed E-state index contributed by atoms with van der Waals surface area (Å²) in [6, 6.07) is 9.35. The average molecular weight is 318 g/mol. The zero-order chi connectivity index (χ0) is 16.8. The Morgan fingerprint density at radius 2 is 1.78 bits per heavy atom. The maximum atomic E-state index is 12.0. The van der Waals surface area contributed by atoms with Crippen molar-refractivity contribution in [3.05, 3.63) is 35.9 Å². The summed E-state index contributed by atoms with van der Waals surface area (Å²) in [5.41, 5.74) is 0.895. The van der Waals surface area contributed by atoms with E-state index in [9.17, 15) is 14.4 Å². The van der Waals surface area contributed by atoms with Gasteiger partial charge in [-0.2, -0.15) is 0 Å². The molecule has 1 N–H and O–H groups in total. The quantitative estimate of drug-likeness (QED) is 0.842. The SMILES string of the molecule is C[C@@H]1C[C@H](C)C(=O)N(CCNC(=O)OCc2ccccc2)C1=O. The molecule has 0 unspecified atom stereocenters. The molecule has 0 radical (unpaired) electrons. The third kappa shape index (κ3) is 4.55. The van der Waals surface area contributed by atoms with Gasteiger partial charge in [0.05, 0.1) is 0 Å². The maximum Gasteiger partial charge on any atom is 0.407 e. The van der Waals surface area contributed by atoms with Crippen LogP contribution in [0.3, 0.4) is 0 Å². The monoisotopic (exact) mass is 318 g/mol. The molecule has 124 valence electrons. The van der Waals surface area contributed by atoms with Crippen LogP contribution in [0.5, 0.6) is 0 Å². The van der Waals surface area contributed by atoms with Gasteiger partial charge in [0.25, 0.3) is 0 Å². The molecule has 1 aliphatic heterocycles. The lowest BCUT2D eigenvalue weighted by atomic mass is 9.90. The zero-order valence-electron chi connectivity index (χ0n) is 13.5. The highest BCUT2D eigenvalue weighted by Crippen LogP contribution is 2.23. The molecular weight excluding hydrogens is 296 g/mol. The summed E-state index contributed by atoms with van der Waals surface area (Å²) >= 11 is 0. The number of carbonyl (C=O) groups excluding carboxylic acids is 3. The van der Waals surface area contributed by atoms with Gasteiger partial charge in [-0.1, -0.05) is 44.2 Å². The summed E-state index contributed by atoms with van der Waals surface area (Å²) in [7, 11) is 0. The summed E-state index contributed by atoms with van der Waals surface area (Å²) in [6.07, 6.45) is 0.0209. The second kappa shape index (κ2) is 7.76. The number of rotatable bonds is 5. The maximum absolute atomic E-state index is 12.0. The van der Waals surface area contributed by atoms with Crippen LogP contribution in [-0.4, -0.2) is 35.9 Å². The standard InChI is InChI=1S/C17H22N2O4/c1-12-10-13(2)16(21)19(15(12)20)9-8-18-17(22)23-11-14-6-4-3-5-7-14/h3-7,12-13H,8-11H2,1-2H3,(H,18,22)/t12-,13+. The molecule has 6 nitrogen and oxygen atoms in total. The highest BCUT2D eigenvalue weighted by Gasteiger charge is 2.35. The van der Waals surface area contributed by atoms with Crippen molar-refractivity contribution in [2.75, 3.05) is 13.1 Å². The van der Waals surface area contributed by atoms with E-state index in [4.69, 9.17) is 4.74 Å². The molecule has 0 saturated carbocycles. The molecule has 23 heavy (non-hydrogen) atoms. The number of carbonyl (C=O) groups is 3. The van der Waals surface area contributed by atoms with Gasteiger partial charge in [-0.25, -0.2) is 4.79 Å². The fourth-order valence-electron chi connectivity index (χ4n) is 2.64. The predicted octanol–water partition coefficient (Wildman–Crippen LogP) is 1.94. The lowest BCUT2D eigenvalue weighted by Crippen LogP contribution is -2.50. The second-order valence-corrected chi connectivity index (χ2v) is 5.85. The number of ether oxygens (including phenoxy) is 1. The van der Waals surface area contributed by atoms with Gasteiger partial charge in [0.1, 0.15) is 6.61 Å². The van der Waals surface area contributed by atoms with E-state index in [1.54, 1.807) is 0 Å². The van der Waals surface area contributed by atoms with Crippen LogP contribution in [0.1, 0.15) is 25.8 Å². The molecule has 2 atom stereocenters. The van der Waals surface area contributed by atoms with E-state index in [1.165, 1.54) is 4.90 Å². The van der Waals surface area contributed by atoms with E-state index in [-0.39, 0.29) is 43.3 Å².